The lowest BCUT2D eigenvalue weighted by atomic mass is 10.2. The molecule has 0 radical (unpaired) electrons. The molecular formula is C12H12BrN5. The van der Waals surface area contributed by atoms with Gasteiger partial charge in [0.15, 0.2) is 0 Å². The standard InChI is InChI=1S/C12H12BrN5/c1-18-12(15)9(7-17-18)6-16-11-3-2-10(13)4-8(11)5-14/h2-4,7,16H,6,15H2,1H3. The van der Waals surface area contributed by atoms with E-state index in [2.05, 4.69) is 32.4 Å². The Morgan fingerprint density at radius 3 is 2.94 bits per heavy atom. The highest BCUT2D eigenvalue weighted by atomic mass is 79.9. The average Bonchev–Trinajstić information content (AvgIpc) is 2.68. The van der Waals surface area contributed by atoms with Gasteiger partial charge in [-0.25, -0.2) is 0 Å². The minimum atomic E-state index is 0.538. The Bertz CT molecular complexity index is 611. The van der Waals surface area contributed by atoms with Crippen molar-refractivity contribution in [1.29, 1.82) is 5.26 Å². The first-order valence-electron chi connectivity index (χ1n) is 5.31. The normalized spacial score (nSPS) is 10.1. The van der Waals surface area contributed by atoms with E-state index in [1.54, 1.807) is 24.0 Å². The molecule has 1 aromatic carbocycles. The Labute approximate surface area is 113 Å². The molecule has 3 N–H and O–H groups in total. The van der Waals surface area contributed by atoms with Crippen LogP contribution in [0, 0.1) is 11.3 Å². The first-order chi connectivity index (χ1) is 8.61. The summed E-state index contributed by atoms with van der Waals surface area (Å²) in [5.74, 6) is 0.623. The van der Waals surface area contributed by atoms with Crippen LogP contribution in [0.4, 0.5) is 11.5 Å². The minimum Gasteiger partial charge on any atom is -0.384 e. The highest BCUT2D eigenvalue weighted by Crippen LogP contribution is 2.21. The van der Waals surface area contributed by atoms with Crippen molar-refractivity contribution in [2.45, 2.75) is 6.54 Å². The minimum absolute atomic E-state index is 0.538. The molecule has 0 fully saturated rings. The fourth-order valence-corrected chi connectivity index (χ4v) is 1.94. The third-order valence-corrected chi connectivity index (χ3v) is 3.13. The lowest BCUT2D eigenvalue weighted by molar-refractivity contribution is 0.778. The highest BCUT2D eigenvalue weighted by Gasteiger charge is 2.06. The Morgan fingerprint density at radius 1 is 1.56 bits per heavy atom. The van der Waals surface area contributed by atoms with Crippen molar-refractivity contribution in [3.63, 3.8) is 0 Å². The summed E-state index contributed by atoms with van der Waals surface area (Å²) in [5, 5.41) is 16.3. The summed E-state index contributed by atoms with van der Waals surface area (Å²) in [6.45, 7) is 0.538. The van der Waals surface area contributed by atoms with Crippen LogP contribution in [0.2, 0.25) is 0 Å². The molecule has 0 amide bonds. The van der Waals surface area contributed by atoms with Gasteiger partial charge in [0.2, 0.25) is 0 Å². The van der Waals surface area contributed by atoms with Crippen molar-refractivity contribution < 1.29 is 0 Å². The van der Waals surface area contributed by atoms with Gasteiger partial charge in [-0.15, -0.1) is 0 Å². The van der Waals surface area contributed by atoms with Crippen LogP contribution in [0.15, 0.2) is 28.9 Å². The molecular weight excluding hydrogens is 294 g/mol. The van der Waals surface area contributed by atoms with Crippen LogP contribution < -0.4 is 11.1 Å². The summed E-state index contributed by atoms with van der Waals surface area (Å²) in [7, 11) is 1.79. The van der Waals surface area contributed by atoms with E-state index >= 15 is 0 Å². The summed E-state index contributed by atoms with van der Waals surface area (Å²) >= 11 is 3.34. The molecule has 1 aromatic heterocycles. The molecule has 0 unspecified atom stereocenters. The second-order valence-electron chi connectivity index (χ2n) is 3.83. The van der Waals surface area contributed by atoms with Gasteiger partial charge >= 0.3 is 0 Å². The zero-order valence-corrected chi connectivity index (χ0v) is 11.4. The highest BCUT2D eigenvalue weighted by molar-refractivity contribution is 9.10. The van der Waals surface area contributed by atoms with Crippen molar-refractivity contribution in [2.75, 3.05) is 11.1 Å². The molecule has 6 heteroatoms. The third kappa shape index (κ3) is 2.46. The van der Waals surface area contributed by atoms with Crippen LogP contribution in [-0.4, -0.2) is 9.78 Å². The maximum atomic E-state index is 9.05. The van der Waals surface area contributed by atoms with Gasteiger partial charge in [-0.3, -0.25) is 4.68 Å². The van der Waals surface area contributed by atoms with E-state index in [0.717, 1.165) is 15.7 Å². The van der Waals surface area contributed by atoms with Crippen LogP contribution >= 0.6 is 15.9 Å². The number of nitrogens with one attached hydrogen (secondary N) is 1. The van der Waals surface area contributed by atoms with Gasteiger partial charge < -0.3 is 11.1 Å². The number of rotatable bonds is 3. The fourth-order valence-electron chi connectivity index (χ4n) is 1.58. The quantitative estimate of drug-likeness (QED) is 0.911. The molecule has 0 bridgehead atoms. The van der Waals surface area contributed by atoms with E-state index in [1.807, 2.05) is 12.1 Å². The molecule has 2 rings (SSSR count). The van der Waals surface area contributed by atoms with Crippen LogP contribution in [0.1, 0.15) is 11.1 Å². The molecule has 2 aromatic rings. The first-order valence-corrected chi connectivity index (χ1v) is 6.11. The molecule has 0 saturated heterocycles. The van der Waals surface area contributed by atoms with E-state index in [1.165, 1.54) is 0 Å². The Hall–Kier alpha value is -2.00. The summed E-state index contributed by atoms with van der Waals surface area (Å²) in [5.41, 5.74) is 8.13. The molecule has 0 aliphatic heterocycles. The molecule has 0 aliphatic rings. The first kappa shape index (κ1) is 12.5. The van der Waals surface area contributed by atoms with Gasteiger partial charge in [0, 0.05) is 23.6 Å². The van der Waals surface area contributed by atoms with Crippen LogP contribution in [0.3, 0.4) is 0 Å². The fraction of sp³-hybridized carbons (Fsp3) is 0.167. The largest absolute Gasteiger partial charge is 0.384 e. The Kier molecular flexibility index (Phi) is 3.53. The number of hydrogen-bond acceptors (Lipinski definition) is 4. The molecule has 0 saturated carbocycles. The topological polar surface area (TPSA) is 79.7 Å². The van der Waals surface area contributed by atoms with E-state index in [4.69, 9.17) is 11.0 Å². The molecule has 0 atom stereocenters. The van der Waals surface area contributed by atoms with Crippen LogP contribution in [-0.2, 0) is 13.6 Å². The van der Waals surface area contributed by atoms with E-state index in [-0.39, 0.29) is 0 Å². The zero-order valence-electron chi connectivity index (χ0n) is 9.81. The van der Waals surface area contributed by atoms with Crippen molar-refractivity contribution in [3.05, 3.63) is 40.0 Å². The predicted molar refractivity (Wildman–Crippen MR) is 73.8 cm³/mol. The number of anilines is 2. The molecule has 1 heterocycles. The van der Waals surface area contributed by atoms with Gasteiger partial charge in [-0.1, -0.05) is 15.9 Å². The summed E-state index contributed by atoms with van der Waals surface area (Å²) in [4.78, 5) is 0. The zero-order chi connectivity index (χ0) is 13.1. The SMILES string of the molecule is Cn1ncc(CNc2ccc(Br)cc2C#N)c1N. The molecule has 92 valence electrons. The number of nitrogen functional groups attached to an aromatic ring is 1. The summed E-state index contributed by atoms with van der Waals surface area (Å²) < 4.78 is 2.49. The van der Waals surface area contributed by atoms with Crippen molar-refractivity contribution in [3.8, 4) is 6.07 Å². The van der Waals surface area contributed by atoms with E-state index in [0.29, 0.717) is 17.9 Å². The maximum absolute atomic E-state index is 9.05. The second-order valence-corrected chi connectivity index (χ2v) is 4.75. The smallest absolute Gasteiger partial charge is 0.126 e. The van der Waals surface area contributed by atoms with Crippen LogP contribution in [0.25, 0.3) is 0 Å². The van der Waals surface area contributed by atoms with Gasteiger partial charge in [-0.05, 0) is 18.2 Å². The van der Waals surface area contributed by atoms with Gasteiger partial charge in [0.25, 0.3) is 0 Å². The van der Waals surface area contributed by atoms with Gasteiger partial charge in [0.1, 0.15) is 11.9 Å². The molecule has 0 aliphatic carbocycles. The van der Waals surface area contributed by atoms with E-state index < -0.39 is 0 Å². The van der Waals surface area contributed by atoms with Crippen LogP contribution in [0.5, 0.6) is 0 Å². The van der Waals surface area contributed by atoms with Crippen molar-refractivity contribution >= 4 is 27.4 Å². The summed E-state index contributed by atoms with van der Waals surface area (Å²) in [6.07, 6.45) is 1.72. The Balaban J connectivity index is 2.16. The number of aromatic nitrogens is 2. The van der Waals surface area contributed by atoms with Gasteiger partial charge in [-0.2, -0.15) is 10.4 Å². The second kappa shape index (κ2) is 5.10. The lowest BCUT2D eigenvalue weighted by Gasteiger charge is -2.08. The summed E-state index contributed by atoms with van der Waals surface area (Å²) in [6, 6.07) is 7.66. The molecule has 0 spiro atoms. The number of nitrogens with zero attached hydrogens (tertiary/aromatic N) is 3. The predicted octanol–water partition coefficient (Wildman–Crippen LogP) is 2.25. The number of halogens is 1. The monoisotopic (exact) mass is 305 g/mol. The van der Waals surface area contributed by atoms with E-state index in [9.17, 15) is 0 Å². The Morgan fingerprint density at radius 2 is 2.33 bits per heavy atom. The van der Waals surface area contributed by atoms with Crippen molar-refractivity contribution in [2.24, 2.45) is 7.05 Å². The number of nitriles is 1. The maximum Gasteiger partial charge on any atom is 0.126 e. The molecule has 18 heavy (non-hydrogen) atoms. The number of aryl methyl sites for hydroxylation is 1. The number of hydrogen-bond donors (Lipinski definition) is 2. The molecule has 5 nitrogen and oxygen atoms in total. The lowest BCUT2D eigenvalue weighted by Crippen LogP contribution is -2.05. The average molecular weight is 306 g/mol. The third-order valence-electron chi connectivity index (χ3n) is 2.64. The van der Waals surface area contributed by atoms with Gasteiger partial charge in [0.05, 0.1) is 17.4 Å². The van der Waals surface area contributed by atoms with Crippen molar-refractivity contribution in [1.82, 2.24) is 9.78 Å². The number of benzene rings is 1. The number of nitrogens with two attached hydrogens (primary N) is 1.